The Bertz CT molecular complexity index is 857. The number of carboxylic acid groups (broad SMARTS) is 1. The lowest BCUT2D eigenvalue weighted by molar-refractivity contribution is -0.150. The first kappa shape index (κ1) is 21.3. The van der Waals surface area contributed by atoms with Gasteiger partial charge in [-0.1, -0.05) is 37.3 Å². The topological polar surface area (TPSA) is 66.8 Å². The van der Waals surface area contributed by atoms with Crippen molar-refractivity contribution in [3.8, 4) is 0 Å². The van der Waals surface area contributed by atoms with Crippen molar-refractivity contribution < 1.29 is 28.2 Å². The van der Waals surface area contributed by atoms with Gasteiger partial charge in [0.15, 0.2) is 5.54 Å². The highest BCUT2D eigenvalue weighted by molar-refractivity contribution is 5.85. The maximum absolute atomic E-state index is 14.6. The first-order valence-corrected chi connectivity index (χ1v) is 8.89. The van der Waals surface area contributed by atoms with Gasteiger partial charge in [0.25, 0.3) is 0 Å². The Hall–Kier alpha value is -2.96. The predicted octanol–water partition coefficient (Wildman–Crippen LogP) is 4.62. The molecule has 1 atom stereocenters. The van der Waals surface area contributed by atoms with E-state index in [4.69, 9.17) is 4.74 Å². The molecular formula is C21H23F2NO4. The molecule has 0 radical (unpaired) electrons. The summed E-state index contributed by atoms with van der Waals surface area (Å²) in [7, 11) is 0. The van der Waals surface area contributed by atoms with E-state index in [1.165, 1.54) is 13.8 Å². The van der Waals surface area contributed by atoms with E-state index in [9.17, 15) is 23.5 Å². The number of amides is 1. The maximum atomic E-state index is 14.6. The third-order valence-electron chi connectivity index (χ3n) is 4.60. The predicted molar refractivity (Wildman–Crippen MR) is 99.7 cm³/mol. The summed E-state index contributed by atoms with van der Waals surface area (Å²) < 4.78 is 33.9. The van der Waals surface area contributed by atoms with E-state index in [1.54, 1.807) is 31.2 Å². The Morgan fingerprint density at radius 2 is 1.79 bits per heavy atom. The fraction of sp³-hybridized carbons (Fsp3) is 0.333. The van der Waals surface area contributed by atoms with Gasteiger partial charge < -0.3 is 9.84 Å². The summed E-state index contributed by atoms with van der Waals surface area (Å²) in [4.78, 5) is 25.8. The van der Waals surface area contributed by atoms with E-state index in [1.807, 2.05) is 6.07 Å². The molecule has 1 amide bonds. The number of carbonyl (C=O) groups excluding carboxylic acids is 1. The molecule has 2 rings (SSSR count). The molecule has 0 saturated carbocycles. The van der Waals surface area contributed by atoms with Crippen molar-refractivity contribution in [2.45, 2.75) is 39.3 Å². The lowest BCUT2D eigenvalue weighted by Gasteiger charge is -2.37. The average molecular weight is 391 g/mol. The van der Waals surface area contributed by atoms with E-state index in [0.717, 1.165) is 22.6 Å². The molecule has 1 unspecified atom stereocenters. The highest BCUT2D eigenvalue weighted by atomic mass is 19.1. The molecule has 150 valence electrons. The molecule has 0 aliphatic rings. The summed E-state index contributed by atoms with van der Waals surface area (Å²) in [6.07, 6.45) is -0.518. The molecule has 0 bridgehead atoms. The zero-order chi connectivity index (χ0) is 20.9. The first-order valence-electron chi connectivity index (χ1n) is 8.89. The Morgan fingerprint density at radius 1 is 1.14 bits per heavy atom. The molecular weight excluding hydrogens is 368 g/mol. The van der Waals surface area contributed by atoms with Gasteiger partial charge in [0, 0.05) is 12.1 Å². The summed E-state index contributed by atoms with van der Waals surface area (Å²) in [6, 6.07) is 10.6. The summed E-state index contributed by atoms with van der Waals surface area (Å²) in [6.45, 7) is 4.21. The quantitative estimate of drug-likeness (QED) is 0.748. The van der Waals surface area contributed by atoms with E-state index in [2.05, 4.69) is 0 Å². The lowest BCUT2D eigenvalue weighted by atomic mass is 9.88. The molecule has 0 fully saturated rings. The van der Waals surface area contributed by atoms with Gasteiger partial charge in [-0.2, -0.15) is 0 Å². The molecule has 0 aliphatic carbocycles. The normalized spacial score (nSPS) is 12.9. The van der Waals surface area contributed by atoms with Gasteiger partial charge in [-0.15, -0.1) is 0 Å². The molecule has 0 spiro atoms. The fourth-order valence-electron chi connectivity index (χ4n) is 2.91. The number of nitrogens with zero attached hydrogens (tertiary/aromatic N) is 1. The van der Waals surface area contributed by atoms with E-state index < -0.39 is 34.8 Å². The minimum absolute atomic E-state index is 0.00857. The van der Waals surface area contributed by atoms with Crippen molar-refractivity contribution >= 4 is 12.1 Å². The second-order valence-corrected chi connectivity index (χ2v) is 6.65. The van der Waals surface area contributed by atoms with Crippen molar-refractivity contribution in [1.82, 2.24) is 4.90 Å². The molecule has 28 heavy (non-hydrogen) atoms. The third kappa shape index (κ3) is 4.30. The summed E-state index contributed by atoms with van der Waals surface area (Å²) in [5, 5.41) is 9.86. The van der Waals surface area contributed by atoms with Crippen LogP contribution in [0, 0.1) is 18.6 Å². The number of aliphatic carboxylic acids is 1. The van der Waals surface area contributed by atoms with Crippen LogP contribution in [0.3, 0.4) is 0 Å². The van der Waals surface area contributed by atoms with Crippen molar-refractivity contribution in [3.05, 3.63) is 70.8 Å². The molecule has 5 nitrogen and oxygen atoms in total. The van der Waals surface area contributed by atoms with E-state index >= 15 is 0 Å². The number of carbonyl (C=O) groups is 2. The van der Waals surface area contributed by atoms with Crippen molar-refractivity contribution in [2.75, 3.05) is 6.54 Å². The largest absolute Gasteiger partial charge is 0.479 e. The van der Waals surface area contributed by atoms with Crippen LogP contribution >= 0.6 is 0 Å². The van der Waals surface area contributed by atoms with Gasteiger partial charge in [-0.25, -0.2) is 18.4 Å². The van der Waals surface area contributed by atoms with Crippen LogP contribution in [-0.2, 0) is 21.7 Å². The molecule has 2 aromatic carbocycles. The van der Waals surface area contributed by atoms with Gasteiger partial charge in [-0.05, 0) is 43.5 Å². The van der Waals surface area contributed by atoms with Gasteiger partial charge in [0.1, 0.15) is 18.2 Å². The number of hydrogen-bond acceptors (Lipinski definition) is 3. The Labute approximate surface area is 162 Å². The molecule has 1 N–H and O–H groups in total. The zero-order valence-corrected chi connectivity index (χ0v) is 16.0. The number of carboxylic acids is 1. The smallest absolute Gasteiger partial charge is 0.411 e. The average Bonchev–Trinajstić information content (AvgIpc) is 2.67. The molecule has 7 heteroatoms. The number of hydrogen-bond donors (Lipinski definition) is 1. The van der Waals surface area contributed by atoms with Gasteiger partial charge in [0.05, 0.1) is 0 Å². The van der Waals surface area contributed by atoms with Crippen molar-refractivity contribution in [2.24, 2.45) is 0 Å². The van der Waals surface area contributed by atoms with E-state index in [0.29, 0.717) is 6.42 Å². The molecule has 0 heterocycles. The van der Waals surface area contributed by atoms with Crippen LogP contribution in [-0.4, -0.2) is 28.6 Å². The summed E-state index contributed by atoms with van der Waals surface area (Å²) >= 11 is 0. The Morgan fingerprint density at radius 3 is 2.36 bits per heavy atom. The Balaban J connectivity index is 2.42. The zero-order valence-electron chi connectivity index (χ0n) is 16.0. The summed E-state index contributed by atoms with van der Waals surface area (Å²) in [5.41, 5.74) is -1.81. The van der Waals surface area contributed by atoms with Crippen LogP contribution in [0.1, 0.15) is 37.0 Å². The van der Waals surface area contributed by atoms with E-state index in [-0.39, 0.29) is 18.7 Å². The third-order valence-corrected chi connectivity index (χ3v) is 4.60. The summed E-state index contributed by atoms with van der Waals surface area (Å²) in [5.74, 6) is -3.14. The second-order valence-electron chi connectivity index (χ2n) is 6.65. The SMILES string of the molecule is CCCN(C(=O)OCc1ccccc1)C(C)(C(=O)O)c1cc(F)c(C)cc1F. The van der Waals surface area contributed by atoms with Crippen LogP contribution in [0.2, 0.25) is 0 Å². The minimum Gasteiger partial charge on any atom is -0.479 e. The highest BCUT2D eigenvalue weighted by Crippen LogP contribution is 2.33. The Kier molecular flexibility index (Phi) is 6.72. The maximum Gasteiger partial charge on any atom is 0.411 e. The molecule has 0 aliphatic heterocycles. The van der Waals surface area contributed by atoms with Crippen LogP contribution in [0.5, 0.6) is 0 Å². The van der Waals surface area contributed by atoms with Crippen LogP contribution in [0.15, 0.2) is 42.5 Å². The molecule has 0 aromatic heterocycles. The number of ether oxygens (including phenoxy) is 1. The number of rotatable bonds is 7. The van der Waals surface area contributed by atoms with Crippen molar-refractivity contribution in [3.63, 3.8) is 0 Å². The number of aryl methyl sites for hydroxylation is 1. The highest BCUT2D eigenvalue weighted by Gasteiger charge is 2.46. The van der Waals surface area contributed by atoms with Gasteiger partial charge in [0.2, 0.25) is 0 Å². The second kappa shape index (κ2) is 8.82. The first-order chi connectivity index (χ1) is 13.2. The minimum atomic E-state index is -2.14. The van der Waals surface area contributed by atoms with Crippen LogP contribution in [0.25, 0.3) is 0 Å². The van der Waals surface area contributed by atoms with Crippen LogP contribution < -0.4 is 0 Å². The van der Waals surface area contributed by atoms with Gasteiger partial charge in [-0.3, -0.25) is 4.90 Å². The van der Waals surface area contributed by atoms with Gasteiger partial charge >= 0.3 is 12.1 Å². The fourth-order valence-corrected chi connectivity index (χ4v) is 2.91. The number of halogens is 2. The lowest BCUT2D eigenvalue weighted by Crippen LogP contribution is -2.53. The molecule has 0 saturated heterocycles. The number of benzene rings is 2. The van der Waals surface area contributed by atoms with Crippen molar-refractivity contribution in [1.29, 1.82) is 0 Å². The standard InChI is InChI=1S/C21H23F2NO4/c1-4-10-24(20(27)28-13-15-8-6-5-7-9-15)21(3,19(25)26)16-12-17(22)14(2)11-18(16)23/h5-9,11-12H,4,10,13H2,1-3H3,(H,25,26). The molecule has 2 aromatic rings. The monoisotopic (exact) mass is 391 g/mol. The van der Waals surface area contributed by atoms with Crippen LogP contribution in [0.4, 0.5) is 13.6 Å².